The van der Waals surface area contributed by atoms with Crippen molar-refractivity contribution in [2.45, 2.75) is 6.92 Å². The lowest BCUT2D eigenvalue weighted by Gasteiger charge is -2.11. The van der Waals surface area contributed by atoms with E-state index in [9.17, 15) is 0 Å². The zero-order valence-electron chi connectivity index (χ0n) is 10.5. The van der Waals surface area contributed by atoms with Gasteiger partial charge < -0.3 is 21.5 Å². The van der Waals surface area contributed by atoms with Crippen LogP contribution in [0.25, 0.3) is 0 Å². The van der Waals surface area contributed by atoms with Crippen LogP contribution in [-0.2, 0) is 0 Å². The van der Waals surface area contributed by atoms with Crippen LogP contribution in [0.15, 0.2) is 36.4 Å². The van der Waals surface area contributed by atoms with Crippen LogP contribution in [0, 0.1) is 6.92 Å². The number of rotatable bonds is 3. The van der Waals surface area contributed by atoms with Crippen LogP contribution in [0.4, 0.5) is 17.1 Å². The number of hydrogen-bond acceptors (Lipinski definition) is 4. The Morgan fingerprint density at radius 1 is 1.06 bits per heavy atom. The van der Waals surface area contributed by atoms with Gasteiger partial charge in [-0.1, -0.05) is 0 Å². The van der Waals surface area contributed by atoms with Gasteiger partial charge >= 0.3 is 0 Å². The van der Waals surface area contributed by atoms with Crippen molar-refractivity contribution in [3.05, 3.63) is 42.0 Å². The van der Waals surface area contributed by atoms with Gasteiger partial charge in [0.1, 0.15) is 11.5 Å². The first-order valence-electron chi connectivity index (χ1n) is 5.71. The number of aryl methyl sites for hydroxylation is 1. The summed E-state index contributed by atoms with van der Waals surface area (Å²) in [5, 5.41) is 3.01. The number of hydrogen-bond donors (Lipinski definition) is 3. The number of ether oxygens (including phenoxy) is 1. The number of benzene rings is 2. The summed E-state index contributed by atoms with van der Waals surface area (Å²) in [6, 6.07) is 11.1. The van der Waals surface area contributed by atoms with E-state index >= 15 is 0 Å². The summed E-state index contributed by atoms with van der Waals surface area (Å²) in [5.74, 6) is 1.49. The van der Waals surface area contributed by atoms with Crippen molar-refractivity contribution in [1.29, 1.82) is 0 Å². The summed E-state index contributed by atoms with van der Waals surface area (Å²) in [4.78, 5) is 0. The molecule has 0 unspecified atom stereocenters. The molecule has 4 heteroatoms. The zero-order chi connectivity index (χ0) is 13.1. The van der Waals surface area contributed by atoms with E-state index in [1.807, 2.05) is 44.3 Å². The van der Waals surface area contributed by atoms with Crippen LogP contribution in [0.1, 0.15) is 5.56 Å². The Labute approximate surface area is 107 Å². The molecule has 0 fully saturated rings. The van der Waals surface area contributed by atoms with E-state index in [2.05, 4.69) is 5.32 Å². The van der Waals surface area contributed by atoms with Crippen molar-refractivity contribution in [3.8, 4) is 11.5 Å². The van der Waals surface area contributed by atoms with Crippen LogP contribution in [0.5, 0.6) is 11.5 Å². The standard InChI is InChI=1S/C14H17N3O/c1-9-7-10(15)3-6-14(9)18-11-4-5-13(17-2)12(16)8-11/h3-8,17H,15-16H2,1-2H3. The minimum Gasteiger partial charge on any atom is -0.457 e. The lowest BCUT2D eigenvalue weighted by atomic mass is 10.2. The molecule has 5 N–H and O–H groups in total. The van der Waals surface area contributed by atoms with Crippen LogP contribution in [0.3, 0.4) is 0 Å². The Balaban J connectivity index is 2.26. The van der Waals surface area contributed by atoms with Crippen LogP contribution < -0.4 is 21.5 Å². The molecule has 0 aliphatic carbocycles. The van der Waals surface area contributed by atoms with Gasteiger partial charge in [-0.3, -0.25) is 0 Å². The summed E-state index contributed by atoms with van der Waals surface area (Å²) < 4.78 is 5.78. The molecule has 2 aromatic rings. The third-order valence-electron chi connectivity index (χ3n) is 2.72. The Bertz CT molecular complexity index is 567. The molecule has 0 bridgehead atoms. The second-order valence-electron chi connectivity index (χ2n) is 4.13. The van der Waals surface area contributed by atoms with Crippen LogP contribution in [-0.4, -0.2) is 7.05 Å². The van der Waals surface area contributed by atoms with Gasteiger partial charge in [-0.15, -0.1) is 0 Å². The van der Waals surface area contributed by atoms with Crippen LogP contribution in [0.2, 0.25) is 0 Å². The fourth-order valence-corrected chi connectivity index (χ4v) is 1.75. The van der Waals surface area contributed by atoms with Crippen molar-refractivity contribution in [3.63, 3.8) is 0 Å². The van der Waals surface area contributed by atoms with Crippen molar-refractivity contribution < 1.29 is 4.74 Å². The maximum absolute atomic E-state index is 5.89. The van der Waals surface area contributed by atoms with Crippen LogP contribution >= 0.6 is 0 Å². The normalized spacial score (nSPS) is 10.1. The first-order valence-corrected chi connectivity index (χ1v) is 5.71. The third-order valence-corrected chi connectivity index (χ3v) is 2.72. The molecule has 94 valence electrons. The van der Waals surface area contributed by atoms with E-state index in [4.69, 9.17) is 16.2 Å². The van der Waals surface area contributed by atoms with Gasteiger partial charge in [-0.2, -0.15) is 0 Å². The molecule has 0 heterocycles. The highest BCUT2D eigenvalue weighted by molar-refractivity contribution is 5.68. The largest absolute Gasteiger partial charge is 0.457 e. The lowest BCUT2D eigenvalue weighted by molar-refractivity contribution is 0.479. The molecular weight excluding hydrogens is 226 g/mol. The average Bonchev–Trinajstić information content (AvgIpc) is 2.33. The average molecular weight is 243 g/mol. The minimum atomic E-state index is 0.656. The molecule has 0 aromatic heterocycles. The molecule has 4 nitrogen and oxygen atoms in total. The molecule has 0 amide bonds. The summed E-state index contributed by atoms with van der Waals surface area (Å²) in [6.07, 6.45) is 0. The Morgan fingerprint density at radius 2 is 1.83 bits per heavy atom. The fourth-order valence-electron chi connectivity index (χ4n) is 1.75. The molecule has 0 saturated heterocycles. The number of nitrogen functional groups attached to an aromatic ring is 2. The second kappa shape index (κ2) is 4.87. The molecule has 0 atom stereocenters. The molecular formula is C14H17N3O. The molecule has 2 aromatic carbocycles. The van der Waals surface area contributed by atoms with Gasteiger partial charge in [0.05, 0.1) is 11.4 Å². The third kappa shape index (κ3) is 2.48. The van der Waals surface area contributed by atoms with E-state index < -0.39 is 0 Å². The molecule has 0 aliphatic heterocycles. The highest BCUT2D eigenvalue weighted by Crippen LogP contribution is 2.30. The summed E-state index contributed by atoms with van der Waals surface area (Å²) in [6.45, 7) is 1.96. The van der Waals surface area contributed by atoms with E-state index in [1.165, 1.54) is 0 Å². The van der Waals surface area contributed by atoms with E-state index in [0.29, 0.717) is 11.4 Å². The SMILES string of the molecule is CNc1ccc(Oc2ccc(N)cc2C)cc1N. The van der Waals surface area contributed by atoms with E-state index in [0.717, 1.165) is 22.7 Å². The molecule has 0 radical (unpaired) electrons. The molecule has 0 aliphatic rings. The molecule has 18 heavy (non-hydrogen) atoms. The summed E-state index contributed by atoms with van der Waals surface area (Å²) in [7, 11) is 1.83. The van der Waals surface area contributed by atoms with Gasteiger partial charge in [0.2, 0.25) is 0 Å². The molecule has 0 spiro atoms. The topological polar surface area (TPSA) is 73.3 Å². The Morgan fingerprint density at radius 3 is 2.44 bits per heavy atom. The fraction of sp³-hybridized carbons (Fsp3) is 0.143. The van der Waals surface area contributed by atoms with E-state index in [-0.39, 0.29) is 0 Å². The zero-order valence-corrected chi connectivity index (χ0v) is 10.5. The maximum Gasteiger partial charge on any atom is 0.130 e. The van der Waals surface area contributed by atoms with Crippen molar-refractivity contribution in [2.24, 2.45) is 0 Å². The number of nitrogens with two attached hydrogens (primary N) is 2. The van der Waals surface area contributed by atoms with Gasteiger partial charge in [0, 0.05) is 18.8 Å². The quantitative estimate of drug-likeness (QED) is 0.724. The predicted molar refractivity (Wildman–Crippen MR) is 76.1 cm³/mol. The maximum atomic E-state index is 5.89. The second-order valence-corrected chi connectivity index (χ2v) is 4.13. The Hall–Kier alpha value is -2.36. The smallest absolute Gasteiger partial charge is 0.130 e. The van der Waals surface area contributed by atoms with E-state index in [1.54, 1.807) is 6.07 Å². The molecule has 2 rings (SSSR count). The number of nitrogens with one attached hydrogen (secondary N) is 1. The highest BCUT2D eigenvalue weighted by Gasteiger charge is 2.04. The van der Waals surface area contributed by atoms with Gasteiger partial charge in [0.15, 0.2) is 0 Å². The first-order chi connectivity index (χ1) is 8.60. The monoisotopic (exact) mass is 243 g/mol. The van der Waals surface area contributed by atoms with Gasteiger partial charge in [-0.25, -0.2) is 0 Å². The predicted octanol–water partition coefficient (Wildman–Crippen LogP) is 2.99. The van der Waals surface area contributed by atoms with Gasteiger partial charge in [0.25, 0.3) is 0 Å². The van der Waals surface area contributed by atoms with Crippen molar-refractivity contribution in [1.82, 2.24) is 0 Å². The number of anilines is 3. The highest BCUT2D eigenvalue weighted by atomic mass is 16.5. The van der Waals surface area contributed by atoms with Gasteiger partial charge in [-0.05, 0) is 42.8 Å². The van der Waals surface area contributed by atoms with Crippen molar-refractivity contribution in [2.75, 3.05) is 23.8 Å². The first kappa shape index (κ1) is 12.1. The van der Waals surface area contributed by atoms with Crippen molar-refractivity contribution >= 4 is 17.1 Å². The Kier molecular flexibility index (Phi) is 3.28. The minimum absolute atomic E-state index is 0.656. The lowest BCUT2D eigenvalue weighted by Crippen LogP contribution is -1.96. The summed E-state index contributed by atoms with van der Waals surface area (Å²) in [5.41, 5.74) is 14.8. The molecule has 0 saturated carbocycles. The summed E-state index contributed by atoms with van der Waals surface area (Å²) >= 11 is 0.